The van der Waals surface area contributed by atoms with Gasteiger partial charge in [-0.1, -0.05) is 0 Å². The van der Waals surface area contributed by atoms with Crippen LogP contribution in [-0.4, -0.2) is 52.6 Å². The molecule has 2 aromatic heterocycles. The first-order valence-electron chi connectivity index (χ1n) is 8.18. The van der Waals surface area contributed by atoms with Gasteiger partial charge < -0.3 is 9.64 Å². The summed E-state index contributed by atoms with van der Waals surface area (Å²) in [4.78, 5) is 22.0. The van der Waals surface area contributed by atoms with Crippen molar-refractivity contribution in [1.29, 1.82) is 0 Å². The summed E-state index contributed by atoms with van der Waals surface area (Å²) < 4.78 is 5.02. The second-order valence-corrected chi connectivity index (χ2v) is 6.30. The highest BCUT2D eigenvalue weighted by Gasteiger charge is 2.28. The van der Waals surface area contributed by atoms with E-state index < -0.39 is 0 Å². The van der Waals surface area contributed by atoms with Gasteiger partial charge in [-0.05, 0) is 26.3 Å². The topological polar surface area (TPSA) is 67.3 Å². The largest absolute Gasteiger partial charge is 0.467 e. The third-order valence-electron chi connectivity index (χ3n) is 4.26. The molecule has 7 nitrogen and oxygen atoms in total. The standard InChI is InChI=1S/C17H24N6O/c1-12-20-14(8-16(21-12)22(2)3)15-6-5-7-23(15)11-13-9-18-17(24-4)19-10-13/h8-10,15H,5-7,11H2,1-4H3. The Labute approximate surface area is 142 Å². The molecule has 1 fully saturated rings. The van der Waals surface area contributed by atoms with E-state index in [0.29, 0.717) is 12.1 Å². The van der Waals surface area contributed by atoms with Crippen LogP contribution < -0.4 is 9.64 Å². The van der Waals surface area contributed by atoms with Gasteiger partial charge in [-0.2, -0.15) is 0 Å². The highest BCUT2D eigenvalue weighted by molar-refractivity contribution is 5.38. The summed E-state index contributed by atoms with van der Waals surface area (Å²) in [5, 5.41) is 0. The van der Waals surface area contributed by atoms with Crippen LogP contribution in [0.4, 0.5) is 5.82 Å². The number of aromatic nitrogens is 4. The van der Waals surface area contributed by atoms with Crippen LogP contribution in [0.2, 0.25) is 0 Å². The smallest absolute Gasteiger partial charge is 0.316 e. The molecule has 1 aliphatic heterocycles. The van der Waals surface area contributed by atoms with Crippen molar-refractivity contribution in [3.63, 3.8) is 0 Å². The molecule has 0 saturated carbocycles. The van der Waals surface area contributed by atoms with Crippen molar-refractivity contribution in [2.24, 2.45) is 0 Å². The normalized spacial score (nSPS) is 17.9. The Hall–Kier alpha value is -2.28. The lowest BCUT2D eigenvalue weighted by molar-refractivity contribution is 0.243. The van der Waals surface area contributed by atoms with Crippen LogP contribution in [0.3, 0.4) is 0 Å². The Balaban J connectivity index is 1.80. The summed E-state index contributed by atoms with van der Waals surface area (Å²) in [5.74, 6) is 1.77. The third kappa shape index (κ3) is 3.62. The fourth-order valence-corrected chi connectivity index (χ4v) is 3.09. The predicted octanol–water partition coefficient (Wildman–Crippen LogP) is 1.99. The number of anilines is 1. The van der Waals surface area contributed by atoms with Gasteiger partial charge in [-0.15, -0.1) is 0 Å². The summed E-state index contributed by atoms with van der Waals surface area (Å²) in [6, 6.07) is 2.81. The van der Waals surface area contributed by atoms with Crippen LogP contribution in [-0.2, 0) is 6.54 Å². The molecule has 1 atom stereocenters. The second kappa shape index (κ2) is 7.09. The van der Waals surface area contributed by atoms with E-state index in [2.05, 4.69) is 30.9 Å². The maximum absolute atomic E-state index is 5.02. The summed E-state index contributed by atoms with van der Waals surface area (Å²) in [7, 11) is 5.59. The maximum Gasteiger partial charge on any atom is 0.316 e. The SMILES string of the molecule is COc1ncc(CN2CCCC2c2cc(N(C)C)nc(C)n2)cn1. The molecule has 128 valence electrons. The average Bonchev–Trinajstić information content (AvgIpc) is 3.03. The molecular formula is C17H24N6O. The Morgan fingerprint density at radius 3 is 2.67 bits per heavy atom. The molecule has 0 aliphatic carbocycles. The van der Waals surface area contributed by atoms with E-state index >= 15 is 0 Å². The predicted molar refractivity (Wildman–Crippen MR) is 92.1 cm³/mol. The van der Waals surface area contributed by atoms with E-state index in [1.54, 1.807) is 7.11 Å². The van der Waals surface area contributed by atoms with Crippen molar-refractivity contribution < 1.29 is 4.74 Å². The minimum absolute atomic E-state index is 0.313. The van der Waals surface area contributed by atoms with Crippen LogP contribution in [0.15, 0.2) is 18.5 Å². The Morgan fingerprint density at radius 2 is 2.00 bits per heavy atom. The van der Waals surface area contributed by atoms with Crippen molar-refractivity contribution in [2.75, 3.05) is 32.6 Å². The Morgan fingerprint density at radius 1 is 1.25 bits per heavy atom. The first kappa shape index (κ1) is 16.6. The van der Waals surface area contributed by atoms with Gasteiger partial charge in [0, 0.05) is 44.7 Å². The molecule has 1 unspecified atom stereocenters. The van der Waals surface area contributed by atoms with Crippen molar-refractivity contribution in [1.82, 2.24) is 24.8 Å². The monoisotopic (exact) mass is 328 g/mol. The molecule has 0 amide bonds. The minimum Gasteiger partial charge on any atom is -0.467 e. The molecule has 0 radical (unpaired) electrons. The molecule has 7 heteroatoms. The summed E-state index contributed by atoms with van der Waals surface area (Å²) >= 11 is 0. The highest BCUT2D eigenvalue weighted by Crippen LogP contribution is 2.33. The quantitative estimate of drug-likeness (QED) is 0.831. The molecular weight excluding hydrogens is 304 g/mol. The number of aryl methyl sites for hydroxylation is 1. The van der Waals surface area contributed by atoms with Crippen LogP contribution in [0, 0.1) is 6.92 Å². The molecule has 1 aliphatic rings. The number of rotatable bonds is 5. The van der Waals surface area contributed by atoms with E-state index in [4.69, 9.17) is 4.74 Å². The van der Waals surface area contributed by atoms with Crippen molar-refractivity contribution in [3.8, 4) is 6.01 Å². The number of ether oxygens (including phenoxy) is 1. The van der Waals surface area contributed by atoms with Gasteiger partial charge >= 0.3 is 6.01 Å². The molecule has 0 bridgehead atoms. The fourth-order valence-electron chi connectivity index (χ4n) is 3.09. The molecule has 2 aromatic rings. The molecule has 0 aromatic carbocycles. The zero-order valence-corrected chi connectivity index (χ0v) is 14.7. The number of nitrogens with zero attached hydrogens (tertiary/aromatic N) is 6. The van der Waals surface area contributed by atoms with E-state index in [-0.39, 0.29) is 0 Å². The maximum atomic E-state index is 5.02. The van der Waals surface area contributed by atoms with E-state index in [1.807, 2.05) is 38.3 Å². The van der Waals surface area contributed by atoms with Gasteiger partial charge in [0.2, 0.25) is 0 Å². The van der Waals surface area contributed by atoms with Crippen LogP contribution in [0.5, 0.6) is 6.01 Å². The van der Waals surface area contributed by atoms with Crippen molar-refractivity contribution in [2.45, 2.75) is 32.4 Å². The van der Waals surface area contributed by atoms with E-state index in [9.17, 15) is 0 Å². The van der Waals surface area contributed by atoms with Gasteiger partial charge in [-0.25, -0.2) is 19.9 Å². The molecule has 24 heavy (non-hydrogen) atoms. The lowest BCUT2D eigenvalue weighted by Crippen LogP contribution is -2.24. The zero-order valence-electron chi connectivity index (χ0n) is 14.7. The number of hydrogen-bond donors (Lipinski definition) is 0. The van der Waals surface area contributed by atoms with Gasteiger partial charge in [0.15, 0.2) is 0 Å². The van der Waals surface area contributed by atoms with Gasteiger partial charge in [0.25, 0.3) is 0 Å². The number of likely N-dealkylation sites (tertiary alicyclic amines) is 1. The van der Waals surface area contributed by atoms with Crippen molar-refractivity contribution >= 4 is 5.82 Å². The molecule has 1 saturated heterocycles. The van der Waals surface area contributed by atoms with E-state index in [0.717, 1.165) is 42.4 Å². The lowest BCUT2D eigenvalue weighted by Gasteiger charge is -2.25. The first-order valence-corrected chi connectivity index (χ1v) is 8.18. The highest BCUT2D eigenvalue weighted by atomic mass is 16.5. The number of hydrogen-bond acceptors (Lipinski definition) is 7. The fraction of sp³-hybridized carbons (Fsp3) is 0.529. The lowest BCUT2D eigenvalue weighted by atomic mass is 10.1. The van der Waals surface area contributed by atoms with Gasteiger partial charge in [0.05, 0.1) is 18.8 Å². The summed E-state index contributed by atoms with van der Waals surface area (Å²) in [6.07, 6.45) is 5.94. The minimum atomic E-state index is 0.313. The third-order valence-corrected chi connectivity index (χ3v) is 4.26. The molecule has 0 spiro atoms. The van der Waals surface area contributed by atoms with Crippen molar-refractivity contribution in [3.05, 3.63) is 35.5 Å². The van der Waals surface area contributed by atoms with Crippen LogP contribution >= 0.6 is 0 Å². The first-order chi connectivity index (χ1) is 11.6. The van der Waals surface area contributed by atoms with Gasteiger partial charge in [-0.3, -0.25) is 4.90 Å². The summed E-state index contributed by atoms with van der Waals surface area (Å²) in [6.45, 7) is 3.82. The zero-order chi connectivity index (χ0) is 17.1. The number of methoxy groups -OCH3 is 1. The van der Waals surface area contributed by atoms with Crippen LogP contribution in [0.25, 0.3) is 0 Å². The second-order valence-electron chi connectivity index (χ2n) is 6.30. The average molecular weight is 328 g/mol. The molecule has 3 rings (SSSR count). The van der Waals surface area contributed by atoms with E-state index in [1.165, 1.54) is 6.42 Å². The Kier molecular flexibility index (Phi) is 4.89. The van der Waals surface area contributed by atoms with Crippen LogP contribution in [0.1, 0.15) is 36.0 Å². The molecule has 3 heterocycles. The Bertz CT molecular complexity index is 688. The summed E-state index contributed by atoms with van der Waals surface area (Å²) in [5.41, 5.74) is 2.18. The molecule has 0 N–H and O–H groups in total. The van der Waals surface area contributed by atoms with Gasteiger partial charge in [0.1, 0.15) is 11.6 Å².